The number of fused-ring (bicyclic) bond motifs is 1. The summed E-state index contributed by atoms with van der Waals surface area (Å²) in [7, 11) is 0. The molecule has 0 atom stereocenters. The number of aromatic nitrogens is 1. The molecule has 1 aromatic heterocycles. The molecule has 1 amide bonds. The van der Waals surface area contributed by atoms with Crippen LogP contribution >= 0.6 is 0 Å². The summed E-state index contributed by atoms with van der Waals surface area (Å²) in [6.45, 7) is 7.66. The molecule has 140 valence electrons. The number of anilines is 2. The van der Waals surface area contributed by atoms with Gasteiger partial charge < -0.3 is 20.1 Å². The number of para-hydroxylation sites is 1. The summed E-state index contributed by atoms with van der Waals surface area (Å²) in [5.74, 6) is 0.00376. The molecule has 5 nitrogen and oxygen atoms in total. The van der Waals surface area contributed by atoms with Crippen LogP contribution in [-0.2, 0) is 11.2 Å². The first-order valence-corrected chi connectivity index (χ1v) is 9.65. The molecule has 2 heterocycles. The first-order valence-electron chi connectivity index (χ1n) is 9.65. The summed E-state index contributed by atoms with van der Waals surface area (Å²) in [6, 6.07) is 16.2. The van der Waals surface area contributed by atoms with E-state index >= 15 is 0 Å². The highest BCUT2D eigenvalue weighted by atomic mass is 16.1. The molecule has 5 heteroatoms. The Morgan fingerprint density at radius 1 is 1.04 bits per heavy atom. The quantitative estimate of drug-likeness (QED) is 0.730. The van der Waals surface area contributed by atoms with Crippen LogP contribution in [0.5, 0.6) is 0 Å². The molecule has 0 saturated carbocycles. The molecule has 0 spiro atoms. The molecule has 2 N–H and O–H groups in total. The van der Waals surface area contributed by atoms with Gasteiger partial charge in [-0.3, -0.25) is 4.79 Å². The lowest BCUT2D eigenvalue weighted by Gasteiger charge is -2.35. The zero-order valence-corrected chi connectivity index (χ0v) is 15.7. The van der Waals surface area contributed by atoms with E-state index in [9.17, 15) is 4.79 Å². The number of rotatable bonds is 5. The summed E-state index contributed by atoms with van der Waals surface area (Å²) in [6.07, 6.45) is 2.29. The highest BCUT2D eigenvalue weighted by Gasteiger charge is 2.16. The van der Waals surface area contributed by atoms with Gasteiger partial charge in [-0.2, -0.15) is 0 Å². The van der Waals surface area contributed by atoms with E-state index in [1.54, 1.807) is 0 Å². The predicted molar refractivity (Wildman–Crippen MR) is 111 cm³/mol. The molecule has 1 aliphatic rings. The minimum Gasteiger partial charge on any atom is -0.369 e. The number of amides is 1. The number of likely N-dealkylation sites (N-methyl/N-ethyl adjacent to an activating group) is 1. The van der Waals surface area contributed by atoms with E-state index in [0.29, 0.717) is 6.42 Å². The van der Waals surface area contributed by atoms with Crippen molar-refractivity contribution in [2.24, 2.45) is 0 Å². The standard InChI is InChI=1S/C22H26N4O/c1-2-25-11-13-26(14-12-25)19-9-7-18(8-10-19)24-22(27)15-17-16-23-21-6-4-3-5-20(17)21/h3-10,16,23H,2,11-15H2,1H3,(H,24,27). The van der Waals surface area contributed by atoms with Crippen molar-refractivity contribution < 1.29 is 4.79 Å². The van der Waals surface area contributed by atoms with Crippen LogP contribution in [0.1, 0.15) is 12.5 Å². The third kappa shape index (κ3) is 3.98. The molecule has 0 radical (unpaired) electrons. The van der Waals surface area contributed by atoms with E-state index in [1.807, 2.05) is 42.6 Å². The number of H-pyrrole nitrogens is 1. The molecule has 1 aliphatic heterocycles. The minimum atomic E-state index is 0.00376. The Morgan fingerprint density at radius 2 is 1.78 bits per heavy atom. The Hall–Kier alpha value is -2.79. The Morgan fingerprint density at radius 3 is 2.52 bits per heavy atom. The lowest BCUT2D eigenvalue weighted by atomic mass is 10.1. The van der Waals surface area contributed by atoms with Crippen molar-refractivity contribution in [1.82, 2.24) is 9.88 Å². The summed E-state index contributed by atoms with van der Waals surface area (Å²) in [5.41, 5.74) is 4.15. The fourth-order valence-corrected chi connectivity index (χ4v) is 3.73. The number of piperazine rings is 1. The van der Waals surface area contributed by atoms with Crippen LogP contribution in [0.3, 0.4) is 0 Å². The van der Waals surface area contributed by atoms with Gasteiger partial charge in [-0.15, -0.1) is 0 Å². The smallest absolute Gasteiger partial charge is 0.228 e. The van der Waals surface area contributed by atoms with Crippen LogP contribution in [0.4, 0.5) is 11.4 Å². The fraction of sp³-hybridized carbons (Fsp3) is 0.318. The van der Waals surface area contributed by atoms with Gasteiger partial charge in [0.2, 0.25) is 5.91 Å². The van der Waals surface area contributed by atoms with E-state index in [0.717, 1.165) is 54.9 Å². The number of nitrogens with zero attached hydrogens (tertiary/aromatic N) is 2. The lowest BCUT2D eigenvalue weighted by molar-refractivity contribution is -0.115. The number of hydrogen-bond acceptors (Lipinski definition) is 3. The van der Waals surface area contributed by atoms with Crippen molar-refractivity contribution in [2.45, 2.75) is 13.3 Å². The molecule has 2 aromatic carbocycles. The van der Waals surface area contributed by atoms with E-state index in [-0.39, 0.29) is 5.91 Å². The third-order valence-electron chi connectivity index (χ3n) is 5.36. The molecule has 27 heavy (non-hydrogen) atoms. The van der Waals surface area contributed by atoms with Gasteiger partial charge in [-0.05, 0) is 42.4 Å². The number of aromatic amines is 1. The molecule has 0 bridgehead atoms. The summed E-state index contributed by atoms with van der Waals surface area (Å²) >= 11 is 0. The number of nitrogens with one attached hydrogen (secondary N) is 2. The SMILES string of the molecule is CCN1CCN(c2ccc(NC(=O)Cc3c[nH]c4ccccc34)cc2)CC1. The molecular formula is C22H26N4O. The Balaban J connectivity index is 1.36. The normalized spacial score (nSPS) is 15.2. The average molecular weight is 362 g/mol. The zero-order chi connectivity index (χ0) is 18.6. The van der Waals surface area contributed by atoms with E-state index in [1.165, 1.54) is 5.69 Å². The maximum Gasteiger partial charge on any atom is 0.228 e. The predicted octanol–water partition coefficient (Wildman–Crippen LogP) is 3.49. The van der Waals surface area contributed by atoms with Crippen molar-refractivity contribution >= 4 is 28.2 Å². The number of benzene rings is 2. The number of carbonyl (C=O) groups is 1. The topological polar surface area (TPSA) is 51.4 Å². The third-order valence-corrected chi connectivity index (χ3v) is 5.36. The van der Waals surface area contributed by atoms with Crippen molar-refractivity contribution in [1.29, 1.82) is 0 Å². The summed E-state index contributed by atoms with van der Waals surface area (Å²) in [5, 5.41) is 4.12. The molecule has 3 aromatic rings. The summed E-state index contributed by atoms with van der Waals surface area (Å²) < 4.78 is 0. The van der Waals surface area contributed by atoms with Crippen LogP contribution in [0.25, 0.3) is 10.9 Å². The van der Waals surface area contributed by atoms with Gasteiger partial charge in [0, 0.05) is 54.7 Å². The van der Waals surface area contributed by atoms with Crippen LogP contribution in [0, 0.1) is 0 Å². The van der Waals surface area contributed by atoms with Crippen LogP contribution in [-0.4, -0.2) is 48.5 Å². The van der Waals surface area contributed by atoms with E-state index < -0.39 is 0 Å². The maximum atomic E-state index is 12.4. The zero-order valence-electron chi connectivity index (χ0n) is 15.7. The Bertz CT molecular complexity index is 907. The van der Waals surface area contributed by atoms with Crippen LogP contribution in [0.15, 0.2) is 54.7 Å². The molecule has 4 rings (SSSR count). The van der Waals surface area contributed by atoms with Crippen LogP contribution < -0.4 is 10.2 Å². The molecule has 1 fully saturated rings. The number of carbonyl (C=O) groups excluding carboxylic acids is 1. The van der Waals surface area contributed by atoms with Crippen molar-refractivity contribution in [3.8, 4) is 0 Å². The molecule has 1 saturated heterocycles. The molecular weight excluding hydrogens is 336 g/mol. The van der Waals surface area contributed by atoms with E-state index in [4.69, 9.17) is 0 Å². The first kappa shape index (κ1) is 17.6. The van der Waals surface area contributed by atoms with Gasteiger partial charge >= 0.3 is 0 Å². The van der Waals surface area contributed by atoms with Crippen molar-refractivity contribution in [3.05, 3.63) is 60.3 Å². The second kappa shape index (κ2) is 7.84. The Kier molecular flexibility index (Phi) is 5.12. The highest BCUT2D eigenvalue weighted by Crippen LogP contribution is 2.21. The highest BCUT2D eigenvalue weighted by molar-refractivity contribution is 5.95. The van der Waals surface area contributed by atoms with Gasteiger partial charge in [0.25, 0.3) is 0 Å². The Labute approximate surface area is 160 Å². The minimum absolute atomic E-state index is 0.00376. The second-order valence-corrected chi connectivity index (χ2v) is 7.05. The van der Waals surface area contributed by atoms with Gasteiger partial charge in [0.1, 0.15) is 0 Å². The molecule has 0 aliphatic carbocycles. The van der Waals surface area contributed by atoms with Crippen LogP contribution in [0.2, 0.25) is 0 Å². The van der Waals surface area contributed by atoms with Gasteiger partial charge in [0.15, 0.2) is 0 Å². The maximum absolute atomic E-state index is 12.4. The van der Waals surface area contributed by atoms with Gasteiger partial charge in [0.05, 0.1) is 6.42 Å². The molecule has 0 unspecified atom stereocenters. The second-order valence-electron chi connectivity index (χ2n) is 7.05. The van der Waals surface area contributed by atoms with Crippen molar-refractivity contribution in [3.63, 3.8) is 0 Å². The summed E-state index contributed by atoms with van der Waals surface area (Å²) in [4.78, 5) is 20.5. The average Bonchev–Trinajstić information content (AvgIpc) is 3.11. The van der Waals surface area contributed by atoms with Gasteiger partial charge in [-0.1, -0.05) is 25.1 Å². The number of hydrogen-bond donors (Lipinski definition) is 2. The van der Waals surface area contributed by atoms with E-state index in [2.05, 4.69) is 39.2 Å². The monoisotopic (exact) mass is 362 g/mol. The fourth-order valence-electron chi connectivity index (χ4n) is 3.73. The van der Waals surface area contributed by atoms with Gasteiger partial charge in [-0.25, -0.2) is 0 Å². The first-order chi connectivity index (χ1) is 13.2. The largest absolute Gasteiger partial charge is 0.369 e. The van der Waals surface area contributed by atoms with Crippen molar-refractivity contribution in [2.75, 3.05) is 42.9 Å². The lowest BCUT2D eigenvalue weighted by Crippen LogP contribution is -2.46.